The van der Waals surface area contributed by atoms with Crippen molar-refractivity contribution in [1.29, 1.82) is 0 Å². The van der Waals surface area contributed by atoms with E-state index in [2.05, 4.69) is 6.58 Å². The van der Waals surface area contributed by atoms with Gasteiger partial charge in [-0.15, -0.1) is 6.58 Å². The molecule has 3 aromatic carbocycles. The zero-order valence-corrected chi connectivity index (χ0v) is 22.7. The molecule has 4 rings (SSSR count). The van der Waals surface area contributed by atoms with Gasteiger partial charge in [-0.1, -0.05) is 60.7 Å². The average Bonchev–Trinajstić information content (AvgIpc) is 3.25. The number of aliphatic hydroxyl groups excluding tert-OH is 1. The molecule has 8 nitrogen and oxygen atoms in total. The Morgan fingerprint density at radius 3 is 2.00 bits per heavy atom. The molecule has 1 aliphatic rings. The zero-order chi connectivity index (χ0) is 28.5. The molecule has 40 heavy (non-hydrogen) atoms. The Morgan fingerprint density at radius 1 is 0.875 bits per heavy atom. The van der Waals surface area contributed by atoms with Crippen LogP contribution >= 0.6 is 0 Å². The van der Waals surface area contributed by atoms with Gasteiger partial charge in [-0.25, -0.2) is 18.0 Å². The number of sulfone groups is 1. The van der Waals surface area contributed by atoms with Crippen LogP contribution < -0.4 is 0 Å². The van der Waals surface area contributed by atoms with Crippen LogP contribution in [0, 0.1) is 5.92 Å². The summed E-state index contributed by atoms with van der Waals surface area (Å²) in [6.45, 7) is 3.46. The highest BCUT2D eigenvalue weighted by molar-refractivity contribution is 7.91. The van der Waals surface area contributed by atoms with Crippen molar-refractivity contribution < 1.29 is 37.3 Å². The van der Waals surface area contributed by atoms with Crippen molar-refractivity contribution in [3.05, 3.63) is 115 Å². The number of rotatable bonds is 12. The maximum Gasteiger partial charge on any atom is 0.338 e. The van der Waals surface area contributed by atoms with Gasteiger partial charge < -0.3 is 19.3 Å². The average molecular weight is 565 g/mol. The first-order valence-corrected chi connectivity index (χ1v) is 14.6. The minimum Gasteiger partial charge on any atom is -0.458 e. The summed E-state index contributed by atoms with van der Waals surface area (Å²) in [7, 11) is -3.72. The molecule has 210 valence electrons. The van der Waals surface area contributed by atoms with Gasteiger partial charge >= 0.3 is 11.9 Å². The molecule has 1 N–H and O–H groups in total. The van der Waals surface area contributed by atoms with Gasteiger partial charge in [0.1, 0.15) is 12.7 Å². The molecule has 0 spiro atoms. The van der Waals surface area contributed by atoms with E-state index in [1.807, 2.05) is 0 Å². The zero-order valence-electron chi connectivity index (χ0n) is 21.9. The summed E-state index contributed by atoms with van der Waals surface area (Å²) >= 11 is 0. The number of aliphatic hydroxyl groups is 1. The number of carbonyl (C=O) groups is 2. The van der Waals surface area contributed by atoms with Gasteiger partial charge in [-0.05, 0) is 42.8 Å². The van der Waals surface area contributed by atoms with E-state index in [-0.39, 0.29) is 23.7 Å². The molecule has 0 radical (unpaired) electrons. The first-order valence-electron chi connectivity index (χ1n) is 13.0. The van der Waals surface area contributed by atoms with Crippen LogP contribution in [0.4, 0.5) is 0 Å². The predicted octanol–water partition coefficient (Wildman–Crippen LogP) is 4.25. The van der Waals surface area contributed by atoms with Crippen molar-refractivity contribution in [2.24, 2.45) is 5.92 Å². The molecular weight excluding hydrogens is 532 g/mol. The van der Waals surface area contributed by atoms with Crippen LogP contribution in [0.1, 0.15) is 33.6 Å². The topological polar surface area (TPSA) is 116 Å². The smallest absolute Gasteiger partial charge is 0.338 e. The molecule has 0 amide bonds. The highest BCUT2D eigenvalue weighted by Crippen LogP contribution is 2.34. The summed E-state index contributed by atoms with van der Waals surface area (Å²) in [5.41, 5.74) is 0.649. The molecular formula is C31H32O8S. The Morgan fingerprint density at radius 2 is 1.43 bits per heavy atom. The van der Waals surface area contributed by atoms with Crippen LogP contribution in [-0.4, -0.2) is 62.2 Å². The lowest BCUT2D eigenvalue weighted by atomic mass is 9.94. The number of hydrogen-bond donors (Lipinski definition) is 1. The quantitative estimate of drug-likeness (QED) is 0.256. The lowest BCUT2D eigenvalue weighted by Gasteiger charge is -2.23. The van der Waals surface area contributed by atoms with Crippen molar-refractivity contribution in [3.63, 3.8) is 0 Å². The molecule has 9 heteroatoms. The van der Waals surface area contributed by atoms with Crippen LogP contribution in [0.15, 0.2) is 109 Å². The second-order valence-corrected chi connectivity index (χ2v) is 11.6. The second-order valence-electron chi connectivity index (χ2n) is 9.58. The van der Waals surface area contributed by atoms with Gasteiger partial charge in [0.05, 0.1) is 40.1 Å². The molecule has 0 bridgehead atoms. The van der Waals surface area contributed by atoms with Gasteiger partial charge in [0.25, 0.3) is 0 Å². The molecule has 0 aliphatic carbocycles. The van der Waals surface area contributed by atoms with Gasteiger partial charge in [0, 0.05) is 12.3 Å². The van der Waals surface area contributed by atoms with Crippen molar-refractivity contribution in [2.75, 3.05) is 12.4 Å². The predicted molar refractivity (Wildman–Crippen MR) is 148 cm³/mol. The highest BCUT2D eigenvalue weighted by atomic mass is 32.2. The van der Waals surface area contributed by atoms with Crippen LogP contribution in [0.5, 0.6) is 0 Å². The van der Waals surface area contributed by atoms with Crippen molar-refractivity contribution in [2.45, 2.75) is 42.2 Å². The van der Waals surface area contributed by atoms with Crippen molar-refractivity contribution >= 4 is 21.8 Å². The first kappa shape index (κ1) is 29.2. The monoisotopic (exact) mass is 564 g/mol. The third-order valence-electron chi connectivity index (χ3n) is 6.75. The fraction of sp³-hybridized carbons (Fsp3) is 0.290. The van der Waals surface area contributed by atoms with E-state index in [9.17, 15) is 23.1 Å². The fourth-order valence-electron chi connectivity index (χ4n) is 4.70. The Labute approximate surface area is 234 Å². The molecule has 1 heterocycles. The fourth-order valence-corrected chi connectivity index (χ4v) is 6.39. The van der Waals surface area contributed by atoms with Gasteiger partial charge in [0.15, 0.2) is 9.84 Å². The summed E-state index contributed by atoms with van der Waals surface area (Å²) in [4.78, 5) is 25.6. The van der Waals surface area contributed by atoms with Gasteiger partial charge in [-0.3, -0.25) is 0 Å². The highest BCUT2D eigenvalue weighted by Gasteiger charge is 2.46. The molecule has 1 aliphatic heterocycles. The number of ether oxygens (including phenoxy) is 3. The molecule has 3 aromatic rings. The summed E-state index contributed by atoms with van der Waals surface area (Å²) in [5, 5.41) is 11.2. The van der Waals surface area contributed by atoms with Crippen LogP contribution in [0.3, 0.4) is 0 Å². The summed E-state index contributed by atoms with van der Waals surface area (Å²) in [6, 6.07) is 24.8. The van der Waals surface area contributed by atoms with Crippen molar-refractivity contribution in [1.82, 2.24) is 0 Å². The van der Waals surface area contributed by atoms with Crippen LogP contribution in [-0.2, 0) is 24.0 Å². The molecule has 2 unspecified atom stereocenters. The minimum absolute atomic E-state index is 0.0165. The molecule has 1 fully saturated rings. The molecule has 0 aromatic heterocycles. The van der Waals surface area contributed by atoms with E-state index in [1.165, 1.54) is 12.1 Å². The van der Waals surface area contributed by atoms with Crippen LogP contribution in [0.2, 0.25) is 0 Å². The second kappa shape index (κ2) is 13.5. The van der Waals surface area contributed by atoms with Gasteiger partial charge in [-0.2, -0.15) is 0 Å². The van der Waals surface area contributed by atoms with E-state index in [0.717, 1.165) is 0 Å². The summed E-state index contributed by atoms with van der Waals surface area (Å²) in [5.74, 6) is -2.29. The molecule has 5 atom stereocenters. The third-order valence-corrected chi connectivity index (χ3v) is 8.56. The third kappa shape index (κ3) is 7.44. The molecule has 1 saturated heterocycles. The van der Waals surface area contributed by atoms with E-state index < -0.39 is 52.1 Å². The van der Waals surface area contributed by atoms with E-state index in [0.29, 0.717) is 17.5 Å². The SMILES string of the molecule is C=CCC1O[C@H](C[C@@H](COC(=O)c2ccccc2)OC(=O)c2ccccc2)[C@H](O)C1CS(=O)(=O)c1ccccc1. The Hall–Kier alpha value is -3.79. The van der Waals surface area contributed by atoms with E-state index in [4.69, 9.17) is 14.2 Å². The van der Waals surface area contributed by atoms with Crippen molar-refractivity contribution in [3.8, 4) is 0 Å². The summed E-state index contributed by atoms with van der Waals surface area (Å²) < 4.78 is 43.5. The number of esters is 2. The summed E-state index contributed by atoms with van der Waals surface area (Å²) in [6.07, 6.45) is -1.72. The standard InChI is InChI=1S/C31H32O8S/c1-2-12-27-26(21-40(35,36)25-17-10-5-11-18-25)29(32)28(39-27)19-24(38-31(34)23-15-8-4-9-16-23)20-37-30(33)22-13-6-3-7-14-22/h2-11,13-18,24,26-29,32H,1,12,19-21H2/t24-,26?,27?,28+,29+/m0/s1. The lowest BCUT2D eigenvalue weighted by molar-refractivity contribution is -0.0449. The minimum atomic E-state index is -3.72. The number of hydrogen-bond acceptors (Lipinski definition) is 8. The normalized spacial score (nSPS) is 21.3. The Bertz CT molecular complexity index is 1380. The van der Waals surface area contributed by atoms with Gasteiger partial charge in [0.2, 0.25) is 0 Å². The lowest BCUT2D eigenvalue weighted by Crippen LogP contribution is -2.36. The van der Waals surface area contributed by atoms with Crippen LogP contribution in [0.25, 0.3) is 0 Å². The van der Waals surface area contributed by atoms with E-state index >= 15 is 0 Å². The first-order chi connectivity index (χ1) is 19.3. The number of benzene rings is 3. The van der Waals surface area contributed by atoms with E-state index in [1.54, 1.807) is 84.9 Å². The maximum absolute atomic E-state index is 13.1. The maximum atomic E-state index is 13.1. The Balaban J connectivity index is 1.50. The largest absolute Gasteiger partial charge is 0.458 e. The Kier molecular flexibility index (Phi) is 9.87. The number of carbonyl (C=O) groups excluding carboxylic acids is 2. The molecule has 0 saturated carbocycles.